The van der Waals surface area contributed by atoms with Crippen molar-refractivity contribution in [3.8, 4) is 0 Å². The lowest BCUT2D eigenvalue weighted by molar-refractivity contribution is 0.472. The highest BCUT2D eigenvalue weighted by Gasteiger charge is 2.37. The molecular formula is C10H19N3O2S. The smallest absolute Gasteiger partial charge is 0.154 e. The van der Waals surface area contributed by atoms with Crippen molar-refractivity contribution >= 4 is 9.84 Å². The average Bonchev–Trinajstić information content (AvgIpc) is 2.49. The Morgan fingerprint density at radius 3 is 2.50 bits per heavy atom. The first-order valence-corrected chi connectivity index (χ1v) is 6.97. The summed E-state index contributed by atoms with van der Waals surface area (Å²) in [5.74, 6) is 0.796. The van der Waals surface area contributed by atoms with E-state index in [9.17, 15) is 8.42 Å². The lowest BCUT2D eigenvalue weighted by Gasteiger charge is -2.29. The predicted octanol–water partition coefficient (Wildman–Crippen LogP) is 0.113. The fourth-order valence-electron chi connectivity index (χ4n) is 1.31. The predicted molar refractivity (Wildman–Crippen MR) is 63.8 cm³/mol. The van der Waals surface area contributed by atoms with Crippen LogP contribution in [0.1, 0.15) is 19.7 Å². The van der Waals surface area contributed by atoms with E-state index in [1.54, 1.807) is 20.0 Å². The zero-order chi connectivity index (χ0) is 12.6. The maximum Gasteiger partial charge on any atom is 0.154 e. The minimum atomic E-state index is -3.18. The van der Waals surface area contributed by atoms with Gasteiger partial charge in [-0.1, -0.05) is 0 Å². The number of sulfone groups is 1. The van der Waals surface area contributed by atoms with E-state index in [4.69, 9.17) is 5.73 Å². The van der Waals surface area contributed by atoms with Crippen LogP contribution in [0.2, 0.25) is 0 Å². The van der Waals surface area contributed by atoms with Gasteiger partial charge in [0.05, 0.1) is 4.75 Å². The van der Waals surface area contributed by atoms with E-state index in [0.29, 0.717) is 6.42 Å². The lowest BCUT2D eigenvalue weighted by atomic mass is 10.0. The van der Waals surface area contributed by atoms with Crippen LogP contribution in [0.4, 0.5) is 0 Å². The average molecular weight is 245 g/mol. The molecule has 0 aliphatic carbocycles. The molecule has 2 N–H and O–H groups in total. The first-order chi connectivity index (χ1) is 7.16. The summed E-state index contributed by atoms with van der Waals surface area (Å²) >= 11 is 0. The van der Waals surface area contributed by atoms with Gasteiger partial charge in [-0.2, -0.15) is 0 Å². The van der Waals surface area contributed by atoms with E-state index in [0.717, 1.165) is 5.82 Å². The monoisotopic (exact) mass is 245 g/mol. The molecule has 0 amide bonds. The Morgan fingerprint density at radius 2 is 2.12 bits per heavy atom. The summed E-state index contributed by atoms with van der Waals surface area (Å²) < 4.78 is 24.1. The third-order valence-electron chi connectivity index (χ3n) is 3.17. The number of imidazole rings is 1. The summed E-state index contributed by atoms with van der Waals surface area (Å²) in [5, 5.41) is 0. The minimum Gasteiger partial charge on any atom is -0.338 e. The van der Waals surface area contributed by atoms with Gasteiger partial charge in [0.15, 0.2) is 9.84 Å². The highest BCUT2D eigenvalue weighted by atomic mass is 32.2. The van der Waals surface area contributed by atoms with Gasteiger partial charge in [0.2, 0.25) is 0 Å². The third-order valence-corrected chi connectivity index (χ3v) is 5.39. The molecule has 0 radical (unpaired) electrons. The molecule has 1 heterocycles. The fraction of sp³-hybridized carbons (Fsp3) is 0.700. The molecule has 0 bridgehead atoms. The van der Waals surface area contributed by atoms with Gasteiger partial charge >= 0.3 is 0 Å². The highest BCUT2D eigenvalue weighted by molar-refractivity contribution is 7.92. The molecule has 16 heavy (non-hydrogen) atoms. The molecule has 1 rings (SSSR count). The molecular weight excluding hydrogens is 226 g/mol. The van der Waals surface area contributed by atoms with E-state index in [2.05, 4.69) is 4.98 Å². The van der Waals surface area contributed by atoms with Crippen molar-refractivity contribution in [2.24, 2.45) is 12.8 Å². The quantitative estimate of drug-likeness (QED) is 0.817. The van der Waals surface area contributed by atoms with Crippen LogP contribution >= 0.6 is 0 Å². The van der Waals surface area contributed by atoms with Gasteiger partial charge in [-0.25, -0.2) is 13.4 Å². The molecule has 92 valence electrons. The van der Waals surface area contributed by atoms with Crippen molar-refractivity contribution in [2.75, 3.05) is 6.26 Å². The summed E-state index contributed by atoms with van der Waals surface area (Å²) in [6, 6.07) is -0.469. The fourth-order valence-corrected chi connectivity index (χ4v) is 1.94. The maximum atomic E-state index is 11.6. The van der Waals surface area contributed by atoms with Crippen LogP contribution in [0.25, 0.3) is 0 Å². The van der Waals surface area contributed by atoms with Gasteiger partial charge < -0.3 is 10.3 Å². The summed E-state index contributed by atoms with van der Waals surface area (Å²) in [5.41, 5.74) is 5.97. The zero-order valence-electron chi connectivity index (χ0n) is 10.1. The van der Waals surface area contributed by atoms with Crippen molar-refractivity contribution in [1.29, 1.82) is 0 Å². The first-order valence-electron chi connectivity index (χ1n) is 5.07. The van der Waals surface area contributed by atoms with Gasteiger partial charge in [-0.05, 0) is 13.8 Å². The molecule has 1 aromatic rings. The van der Waals surface area contributed by atoms with Gasteiger partial charge in [-0.3, -0.25) is 0 Å². The molecule has 0 aliphatic heterocycles. The number of hydrogen-bond donors (Lipinski definition) is 1. The lowest BCUT2D eigenvalue weighted by Crippen LogP contribution is -2.50. The normalized spacial score (nSPS) is 15.1. The van der Waals surface area contributed by atoms with Crippen LogP contribution < -0.4 is 5.73 Å². The molecule has 1 atom stereocenters. The van der Waals surface area contributed by atoms with Crippen LogP contribution in [0.15, 0.2) is 12.4 Å². The van der Waals surface area contributed by atoms with Crippen molar-refractivity contribution in [3.63, 3.8) is 0 Å². The minimum absolute atomic E-state index is 0.448. The second kappa shape index (κ2) is 4.18. The second-order valence-electron chi connectivity index (χ2n) is 4.64. The molecule has 1 aromatic heterocycles. The van der Waals surface area contributed by atoms with E-state index in [-0.39, 0.29) is 0 Å². The summed E-state index contributed by atoms with van der Waals surface area (Å²) in [6.07, 6.45) is 5.15. The van der Waals surface area contributed by atoms with Crippen LogP contribution in [-0.2, 0) is 23.3 Å². The van der Waals surface area contributed by atoms with E-state index in [1.165, 1.54) is 6.26 Å². The second-order valence-corrected chi connectivity index (χ2v) is 7.24. The number of aromatic nitrogens is 2. The first kappa shape index (κ1) is 13.2. The number of nitrogens with two attached hydrogens (primary N) is 1. The van der Waals surface area contributed by atoms with Crippen molar-refractivity contribution in [2.45, 2.75) is 31.1 Å². The molecule has 5 nitrogen and oxygen atoms in total. The molecule has 0 aromatic carbocycles. The summed E-state index contributed by atoms with van der Waals surface area (Å²) in [4.78, 5) is 4.14. The number of aryl methyl sites for hydroxylation is 1. The number of nitrogens with zero attached hydrogens (tertiary/aromatic N) is 2. The van der Waals surface area contributed by atoms with Crippen molar-refractivity contribution in [3.05, 3.63) is 18.2 Å². The van der Waals surface area contributed by atoms with Crippen LogP contribution in [0.3, 0.4) is 0 Å². The van der Waals surface area contributed by atoms with Crippen LogP contribution in [0.5, 0.6) is 0 Å². The van der Waals surface area contributed by atoms with Crippen molar-refractivity contribution in [1.82, 2.24) is 9.55 Å². The Labute approximate surface area is 96.6 Å². The molecule has 0 aliphatic rings. The van der Waals surface area contributed by atoms with Gasteiger partial charge in [-0.15, -0.1) is 0 Å². The number of hydrogen-bond acceptors (Lipinski definition) is 4. The Bertz CT molecular complexity index is 462. The standard InChI is InChI=1S/C10H19N3O2S/c1-10(2,16(4,14)15)8(11)7-9-12-5-6-13(9)3/h5-6,8H,7,11H2,1-4H3. The summed E-state index contributed by atoms with van der Waals surface area (Å²) in [7, 11) is -1.32. The van der Waals surface area contributed by atoms with Gasteiger partial charge in [0.1, 0.15) is 5.82 Å². The molecule has 6 heteroatoms. The molecule has 1 unspecified atom stereocenters. The number of rotatable bonds is 4. The SMILES string of the molecule is Cn1ccnc1CC(N)C(C)(C)S(C)(=O)=O. The largest absolute Gasteiger partial charge is 0.338 e. The summed E-state index contributed by atoms with van der Waals surface area (Å²) in [6.45, 7) is 3.30. The van der Waals surface area contributed by atoms with Gasteiger partial charge in [0, 0.05) is 38.2 Å². The third kappa shape index (κ3) is 2.44. The highest BCUT2D eigenvalue weighted by Crippen LogP contribution is 2.20. The van der Waals surface area contributed by atoms with Crippen LogP contribution in [-0.4, -0.2) is 35.0 Å². The van der Waals surface area contributed by atoms with Crippen molar-refractivity contribution < 1.29 is 8.42 Å². The van der Waals surface area contributed by atoms with E-state index < -0.39 is 20.6 Å². The molecule has 0 fully saturated rings. The zero-order valence-corrected chi connectivity index (χ0v) is 11.0. The Morgan fingerprint density at radius 1 is 1.56 bits per heavy atom. The Balaban J connectivity index is 2.89. The topological polar surface area (TPSA) is 78.0 Å². The maximum absolute atomic E-state index is 11.6. The van der Waals surface area contributed by atoms with Gasteiger partial charge in [0.25, 0.3) is 0 Å². The Hall–Kier alpha value is -0.880. The molecule has 0 saturated heterocycles. The van der Waals surface area contributed by atoms with E-state index in [1.807, 2.05) is 17.8 Å². The molecule has 0 spiro atoms. The van der Waals surface area contributed by atoms with E-state index >= 15 is 0 Å². The van der Waals surface area contributed by atoms with Crippen LogP contribution in [0, 0.1) is 0 Å². The molecule has 0 saturated carbocycles. The Kier molecular flexibility index (Phi) is 3.44.